The number of fused-ring (bicyclic) bond motifs is 1. The second-order valence-electron chi connectivity index (χ2n) is 8.89. The van der Waals surface area contributed by atoms with Crippen molar-refractivity contribution in [2.75, 3.05) is 0 Å². The zero-order chi connectivity index (χ0) is 24.8. The number of carboxylic acids is 1. The highest BCUT2D eigenvalue weighted by Gasteiger charge is 2.30. The van der Waals surface area contributed by atoms with Gasteiger partial charge in [0.15, 0.2) is 0 Å². The molecule has 2 heterocycles. The summed E-state index contributed by atoms with van der Waals surface area (Å²) in [6.07, 6.45) is 6.00. The van der Waals surface area contributed by atoms with Crippen LogP contribution in [0.15, 0.2) is 54.9 Å². The second-order valence-corrected chi connectivity index (χ2v) is 10.1. The molecule has 0 aliphatic rings. The topological polar surface area (TPSA) is 75.1 Å². The Hall–Kier alpha value is -2.99. The number of carbonyl (C=O) groups is 2. The molecule has 2 aromatic heterocycles. The molecule has 34 heavy (non-hydrogen) atoms. The van der Waals surface area contributed by atoms with Crippen LogP contribution < -0.4 is 0 Å². The first-order chi connectivity index (χ1) is 16.0. The van der Waals surface area contributed by atoms with Crippen LogP contribution in [0, 0.1) is 0 Å². The van der Waals surface area contributed by atoms with E-state index in [1.165, 1.54) is 6.08 Å². The first-order valence-corrected chi connectivity index (χ1v) is 11.5. The van der Waals surface area contributed by atoms with E-state index < -0.39 is 5.97 Å². The average Bonchev–Trinajstić information content (AvgIpc) is 3.36. The number of aliphatic carboxylic acids is 1. The number of hydrogen-bond acceptors (Lipinski definition) is 2. The van der Waals surface area contributed by atoms with Crippen molar-refractivity contribution in [1.82, 2.24) is 9.55 Å². The summed E-state index contributed by atoms with van der Waals surface area (Å²) >= 11 is 19.1. The summed E-state index contributed by atoms with van der Waals surface area (Å²) in [5.74, 6) is -1.31. The first-order valence-electron chi connectivity index (χ1n) is 10.4. The molecular weight excluding hydrogens is 495 g/mol. The van der Waals surface area contributed by atoms with Gasteiger partial charge in [0.25, 0.3) is 5.91 Å². The summed E-state index contributed by atoms with van der Waals surface area (Å²) in [6.45, 7) is 6.02. The molecule has 0 atom stereocenters. The minimum Gasteiger partial charge on any atom is -0.478 e. The Labute approximate surface area is 211 Å². The number of carboxylic acid groups (broad SMARTS) is 1. The lowest BCUT2D eigenvalue weighted by molar-refractivity contribution is -0.131. The lowest BCUT2D eigenvalue weighted by Crippen LogP contribution is -2.20. The van der Waals surface area contributed by atoms with Crippen LogP contribution in [-0.4, -0.2) is 26.5 Å². The normalized spacial score (nSPS) is 12.1. The largest absolute Gasteiger partial charge is 0.478 e. The molecule has 0 amide bonds. The third-order valence-electron chi connectivity index (χ3n) is 5.51. The van der Waals surface area contributed by atoms with Gasteiger partial charge in [-0.3, -0.25) is 9.36 Å². The summed E-state index contributed by atoms with van der Waals surface area (Å²) < 4.78 is 1.55. The zero-order valence-corrected chi connectivity index (χ0v) is 20.9. The van der Waals surface area contributed by atoms with Gasteiger partial charge in [-0.2, -0.15) is 0 Å². The molecule has 0 saturated carbocycles. The van der Waals surface area contributed by atoms with Crippen LogP contribution in [0.5, 0.6) is 0 Å². The Morgan fingerprint density at radius 3 is 2.35 bits per heavy atom. The van der Waals surface area contributed by atoms with Gasteiger partial charge < -0.3 is 10.1 Å². The Morgan fingerprint density at radius 1 is 1.06 bits per heavy atom. The third kappa shape index (κ3) is 4.39. The number of halogens is 3. The maximum Gasteiger partial charge on any atom is 0.328 e. The molecule has 2 aromatic carbocycles. The highest BCUT2D eigenvalue weighted by Crippen LogP contribution is 2.42. The Morgan fingerprint density at radius 2 is 1.74 bits per heavy atom. The van der Waals surface area contributed by atoms with Gasteiger partial charge in [0.2, 0.25) is 0 Å². The van der Waals surface area contributed by atoms with Crippen LogP contribution in [-0.2, 0) is 10.2 Å². The molecule has 0 aliphatic carbocycles. The van der Waals surface area contributed by atoms with Crippen LogP contribution in [0.1, 0.15) is 42.4 Å². The molecule has 0 aliphatic heterocycles. The molecule has 5 nitrogen and oxygen atoms in total. The lowest BCUT2D eigenvalue weighted by Gasteiger charge is -2.20. The molecule has 0 spiro atoms. The van der Waals surface area contributed by atoms with Gasteiger partial charge in [-0.25, -0.2) is 4.79 Å². The molecule has 2 N–H and O–H groups in total. The van der Waals surface area contributed by atoms with E-state index in [1.807, 2.05) is 26.8 Å². The molecule has 8 heteroatoms. The van der Waals surface area contributed by atoms with Crippen molar-refractivity contribution in [2.45, 2.75) is 26.2 Å². The Kier molecular flexibility index (Phi) is 6.38. The Bertz CT molecular complexity index is 1450. The molecule has 174 valence electrons. The third-order valence-corrected chi connectivity index (χ3v) is 6.33. The van der Waals surface area contributed by atoms with E-state index in [4.69, 9.17) is 39.9 Å². The predicted octanol–water partition coefficient (Wildman–Crippen LogP) is 7.68. The van der Waals surface area contributed by atoms with Gasteiger partial charge in [-0.15, -0.1) is 0 Å². The number of nitrogens with one attached hydrogen (secondary N) is 1. The lowest BCUT2D eigenvalue weighted by atomic mass is 9.87. The highest BCUT2D eigenvalue weighted by molar-refractivity contribution is 6.42. The van der Waals surface area contributed by atoms with Crippen LogP contribution in [0.25, 0.3) is 28.1 Å². The standard InChI is InChI=1S/C26H21Cl3N2O3/c1-26(2,3)24-23(17(13-30-24)22-18(28)11-15(27)12-19(22)29)25(34)31-10-9-16-14(7-8-21(32)33)5-4-6-20(16)31/h4-13,30H,1-3H3,(H,32,33)/b8-7+. The first kappa shape index (κ1) is 24.1. The fourth-order valence-corrected chi connectivity index (χ4v) is 5.05. The summed E-state index contributed by atoms with van der Waals surface area (Å²) in [5, 5.41) is 10.8. The summed E-state index contributed by atoms with van der Waals surface area (Å²) in [7, 11) is 0. The smallest absolute Gasteiger partial charge is 0.328 e. The molecule has 0 saturated heterocycles. The maximum atomic E-state index is 14.0. The van der Waals surface area contributed by atoms with Crippen molar-refractivity contribution in [2.24, 2.45) is 0 Å². The number of aromatic nitrogens is 2. The monoisotopic (exact) mass is 514 g/mol. The molecule has 0 radical (unpaired) electrons. The zero-order valence-electron chi connectivity index (χ0n) is 18.6. The molecule has 4 aromatic rings. The number of hydrogen-bond donors (Lipinski definition) is 2. The van der Waals surface area contributed by atoms with Gasteiger partial charge in [0, 0.05) is 51.1 Å². The SMILES string of the molecule is CC(C)(C)c1[nH]cc(-c2c(Cl)cc(Cl)cc2Cl)c1C(=O)n1ccc2c(/C=C/C(=O)O)cccc21. The minimum absolute atomic E-state index is 0.266. The van der Waals surface area contributed by atoms with Gasteiger partial charge in [0.1, 0.15) is 0 Å². The van der Waals surface area contributed by atoms with E-state index in [-0.39, 0.29) is 11.3 Å². The number of rotatable bonds is 4. The van der Waals surface area contributed by atoms with Crippen molar-refractivity contribution in [3.8, 4) is 11.1 Å². The fraction of sp³-hybridized carbons (Fsp3) is 0.154. The van der Waals surface area contributed by atoms with Crippen molar-refractivity contribution in [1.29, 1.82) is 0 Å². The van der Waals surface area contributed by atoms with Crippen LogP contribution >= 0.6 is 34.8 Å². The molecule has 0 fully saturated rings. The van der Waals surface area contributed by atoms with E-state index in [0.717, 1.165) is 17.2 Å². The molecular formula is C26H21Cl3N2O3. The van der Waals surface area contributed by atoms with Gasteiger partial charge >= 0.3 is 5.97 Å². The number of nitrogens with zero attached hydrogens (tertiary/aromatic N) is 1. The fourth-order valence-electron chi connectivity index (χ4n) is 4.03. The van der Waals surface area contributed by atoms with Crippen LogP contribution in [0.2, 0.25) is 15.1 Å². The van der Waals surface area contributed by atoms with E-state index in [1.54, 1.807) is 47.3 Å². The van der Waals surface area contributed by atoms with Gasteiger partial charge in [-0.05, 0) is 35.9 Å². The number of carbonyl (C=O) groups excluding carboxylic acids is 1. The average molecular weight is 516 g/mol. The van der Waals surface area contributed by atoms with E-state index in [2.05, 4.69) is 4.98 Å². The summed E-state index contributed by atoms with van der Waals surface area (Å²) in [4.78, 5) is 28.3. The van der Waals surface area contributed by atoms with Crippen LogP contribution in [0.3, 0.4) is 0 Å². The van der Waals surface area contributed by atoms with Crippen molar-refractivity contribution < 1.29 is 14.7 Å². The quantitative estimate of drug-likeness (QED) is 0.274. The number of H-pyrrole nitrogens is 1. The Balaban J connectivity index is 1.95. The maximum absolute atomic E-state index is 14.0. The summed E-state index contributed by atoms with van der Waals surface area (Å²) in [5.41, 5.74) is 3.24. The minimum atomic E-state index is -1.05. The molecule has 0 unspecified atom stereocenters. The predicted molar refractivity (Wildman–Crippen MR) is 138 cm³/mol. The number of benzene rings is 2. The highest BCUT2D eigenvalue weighted by atomic mass is 35.5. The van der Waals surface area contributed by atoms with Crippen molar-refractivity contribution >= 4 is 63.7 Å². The summed E-state index contributed by atoms with van der Waals surface area (Å²) in [6, 6.07) is 10.4. The molecule has 0 bridgehead atoms. The van der Waals surface area contributed by atoms with E-state index in [9.17, 15) is 9.59 Å². The van der Waals surface area contributed by atoms with Gasteiger partial charge in [-0.1, -0.05) is 67.7 Å². The van der Waals surface area contributed by atoms with E-state index >= 15 is 0 Å². The van der Waals surface area contributed by atoms with Crippen molar-refractivity contribution in [3.63, 3.8) is 0 Å². The van der Waals surface area contributed by atoms with Crippen LogP contribution in [0.4, 0.5) is 0 Å². The van der Waals surface area contributed by atoms with Gasteiger partial charge in [0.05, 0.1) is 21.1 Å². The van der Waals surface area contributed by atoms with E-state index in [0.29, 0.717) is 42.8 Å². The second kappa shape index (κ2) is 8.99. The molecule has 4 rings (SSSR count). The van der Waals surface area contributed by atoms with Crippen molar-refractivity contribution in [3.05, 3.63) is 86.8 Å². The number of aromatic amines is 1.